The number of thiophene rings is 1. The second kappa shape index (κ2) is 3.75. The van der Waals surface area contributed by atoms with Gasteiger partial charge in [0.15, 0.2) is 11.3 Å². The molecule has 0 saturated heterocycles. The van der Waals surface area contributed by atoms with E-state index in [1.807, 2.05) is 13.0 Å². The monoisotopic (exact) mass is 190 g/mol. The molecular weight excluding hydrogens is 184 g/mol. The molecule has 1 N–H and O–H groups in total. The minimum atomic E-state index is -0.245. The number of nitrogens with zero attached hydrogens (tertiary/aromatic N) is 2. The van der Waals surface area contributed by atoms with E-state index in [4.69, 9.17) is 10.5 Å². The Bertz CT molecular complexity index is 415. The maximum absolute atomic E-state index is 9.50. The zero-order chi connectivity index (χ0) is 9.84. The van der Waals surface area contributed by atoms with Crippen molar-refractivity contribution in [3.05, 3.63) is 27.5 Å². The molecule has 0 atom stereocenters. The molecule has 3 nitrogen and oxygen atoms in total. The summed E-state index contributed by atoms with van der Waals surface area (Å²) in [5, 5.41) is 28.3. The van der Waals surface area contributed by atoms with Crippen molar-refractivity contribution in [1.29, 1.82) is 10.5 Å². The van der Waals surface area contributed by atoms with Crippen LogP contribution in [0.25, 0.3) is 5.76 Å². The Kier molecular flexibility index (Phi) is 2.69. The van der Waals surface area contributed by atoms with E-state index >= 15 is 0 Å². The lowest BCUT2D eigenvalue weighted by Gasteiger charge is -1.96. The Balaban J connectivity index is 3.28. The smallest absolute Gasteiger partial charge is 0.172 e. The van der Waals surface area contributed by atoms with Gasteiger partial charge < -0.3 is 5.11 Å². The number of nitriles is 2. The molecule has 0 bridgehead atoms. The Labute approximate surface area is 79.8 Å². The molecule has 0 unspecified atom stereocenters. The van der Waals surface area contributed by atoms with E-state index in [2.05, 4.69) is 0 Å². The molecule has 0 aromatic carbocycles. The van der Waals surface area contributed by atoms with E-state index < -0.39 is 0 Å². The SMILES string of the molecule is Cc1ccsc1C(O)=C(C#N)C#N. The Morgan fingerprint density at radius 1 is 1.46 bits per heavy atom. The molecule has 0 amide bonds. The summed E-state index contributed by atoms with van der Waals surface area (Å²) in [7, 11) is 0. The van der Waals surface area contributed by atoms with Gasteiger partial charge in [0.1, 0.15) is 12.1 Å². The minimum absolute atomic E-state index is 0.225. The summed E-state index contributed by atoms with van der Waals surface area (Å²) in [4.78, 5) is 0.582. The summed E-state index contributed by atoms with van der Waals surface area (Å²) in [6.45, 7) is 1.81. The van der Waals surface area contributed by atoms with Gasteiger partial charge in [-0.25, -0.2) is 0 Å². The van der Waals surface area contributed by atoms with Gasteiger partial charge in [-0.15, -0.1) is 11.3 Å². The van der Waals surface area contributed by atoms with Crippen molar-refractivity contribution in [3.63, 3.8) is 0 Å². The van der Waals surface area contributed by atoms with E-state index in [-0.39, 0.29) is 11.3 Å². The highest BCUT2D eigenvalue weighted by Crippen LogP contribution is 2.24. The number of aliphatic hydroxyl groups excluding tert-OH is 1. The maximum Gasteiger partial charge on any atom is 0.172 e. The first-order valence-electron chi connectivity index (χ1n) is 3.48. The van der Waals surface area contributed by atoms with Crippen molar-refractivity contribution in [2.45, 2.75) is 6.92 Å². The number of aliphatic hydroxyl groups is 1. The van der Waals surface area contributed by atoms with Gasteiger partial charge in [0.2, 0.25) is 0 Å². The van der Waals surface area contributed by atoms with Crippen LogP contribution in [0.1, 0.15) is 10.4 Å². The van der Waals surface area contributed by atoms with Crippen LogP contribution >= 0.6 is 11.3 Å². The number of allylic oxidation sites excluding steroid dienone is 1. The summed E-state index contributed by atoms with van der Waals surface area (Å²) >= 11 is 1.31. The zero-order valence-corrected chi connectivity index (χ0v) is 7.72. The highest BCUT2D eigenvalue weighted by molar-refractivity contribution is 7.11. The summed E-state index contributed by atoms with van der Waals surface area (Å²) < 4.78 is 0. The molecule has 0 aliphatic carbocycles. The largest absolute Gasteiger partial charge is 0.504 e. The van der Waals surface area contributed by atoms with Crippen molar-refractivity contribution in [1.82, 2.24) is 0 Å². The number of aryl methyl sites for hydroxylation is 1. The summed E-state index contributed by atoms with van der Waals surface area (Å²) in [5.74, 6) is -0.225. The van der Waals surface area contributed by atoms with Crippen LogP contribution in [0.4, 0.5) is 0 Å². The van der Waals surface area contributed by atoms with Crippen molar-refractivity contribution in [3.8, 4) is 12.1 Å². The number of rotatable bonds is 1. The first kappa shape index (κ1) is 9.31. The van der Waals surface area contributed by atoms with Crippen LogP contribution in [-0.4, -0.2) is 5.11 Å². The molecule has 0 spiro atoms. The lowest BCUT2D eigenvalue weighted by atomic mass is 10.2. The molecule has 0 fully saturated rings. The van der Waals surface area contributed by atoms with Crippen LogP contribution in [0, 0.1) is 29.6 Å². The van der Waals surface area contributed by atoms with Crippen molar-refractivity contribution < 1.29 is 5.11 Å². The Morgan fingerprint density at radius 2 is 2.08 bits per heavy atom. The second-order valence-electron chi connectivity index (χ2n) is 2.38. The third kappa shape index (κ3) is 1.69. The Morgan fingerprint density at radius 3 is 2.46 bits per heavy atom. The topological polar surface area (TPSA) is 67.8 Å². The molecular formula is C9H6N2OS. The average Bonchev–Trinajstić information content (AvgIpc) is 2.53. The van der Waals surface area contributed by atoms with Gasteiger partial charge in [0.05, 0.1) is 4.88 Å². The summed E-state index contributed by atoms with van der Waals surface area (Å²) in [6.07, 6.45) is 0. The normalized spacial score (nSPS) is 8.54. The van der Waals surface area contributed by atoms with E-state index in [9.17, 15) is 5.11 Å². The molecule has 0 aliphatic heterocycles. The van der Waals surface area contributed by atoms with Gasteiger partial charge >= 0.3 is 0 Å². The van der Waals surface area contributed by atoms with Crippen molar-refractivity contribution >= 4 is 17.1 Å². The van der Waals surface area contributed by atoms with E-state index in [0.717, 1.165) is 5.56 Å². The van der Waals surface area contributed by atoms with Crippen molar-refractivity contribution in [2.24, 2.45) is 0 Å². The molecule has 64 valence electrons. The molecule has 1 rings (SSSR count). The Hall–Kier alpha value is -1.78. The standard InChI is InChI=1S/C9H6N2OS/c1-6-2-3-13-9(6)8(12)7(4-10)5-11/h2-3,12H,1H3. The van der Waals surface area contributed by atoms with E-state index in [1.165, 1.54) is 11.3 Å². The van der Waals surface area contributed by atoms with Crippen LogP contribution in [0.5, 0.6) is 0 Å². The van der Waals surface area contributed by atoms with Gasteiger partial charge in [-0.05, 0) is 23.9 Å². The van der Waals surface area contributed by atoms with E-state index in [1.54, 1.807) is 17.5 Å². The second-order valence-corrected chi connectivity index (χ2v) is 3.30. The first-order valence-corrected chi connectivity index (χ1v) is 4.36. The van der Waals surface area contributed by atoms with Crippen LogP contribution < -0.4 is 0 Å². The third-order valence-corrected chi connectivity index (χ3v) is 2.56. The van der Waals surface area contributed by atoms with Crippen LogP contribution in [0.2, 0.25) is 0 Å². The fourth-order valence-electron chi connectivity index (χ4n) is 0.860. The lowest BCUT2D eigenvalue weighted by molar-refractivity contribution is 0.511. The molecule has 1 aromatic rings. The van der Waals surface area contributed by atoms with Crippen LogP contribution in [0.15, 0.2) is 17.0 Å². The highest BCUT2D eigenvalue weighted by Gasteiger charge is 2.10. The molecule has 1 aromatic heterocycles. The molecule has 0 aliphatic rings. The fraction of sp³-hybridized carbons (Fsp3) is 0.111. The van der Waals surface area contributed by atoms with Crippen molar-refractivity contribution in [2.75, 3.05) is 0 Å². The molecule has 0 saturated carbocycles. The summed E-state index contributed by atoms with van der Waals surface area (Å²) in [5.41, 5.74) is 0.621. The molecule has 0 radical (unpaired) electrons. The van der Waals surface area contributed by atoms with Gasteiger partial charge in [-0.3, -0.25) is 0 Å². The van der Waals surface area contributed by atoms with Gasteiger partial charge in [-0.2, -0.15) is 10.5 Å². The average molecular weight is 190 g/mol. The first-order chi connectivity index (χ1) is 6.20. The maximum atomic E-state index is 9.50. The minimum Gasteiger partial charge on any atom is -0.504 e. The predicted molar refractivity (Wildman–Crippen MR) is 49.8 cm³/mol. The third-order valence-electron chi connectivity index (χ3n) is 1.54. The summed E-state index contributed by atoms with van der Waals surface area (Å²) in [6, 6.07) is 5.11. The van der Waals surface area contributed by atoms with E-state index in [0.29, 0.717) is 4.88 Å². The van der Waals surface area contributed by atoms with Crippen LogP contribution in [0.3, 0.4) is 0 Å². The van der Waals surface area contributed by atoms with Gasteiger partial charge in [0.25, 0.3) is 0 Å². The quantitative estimate of drug-likeness (QED) is 0.546. The zero-order valence-electron chi connectivity index (χ0n) is 6.90. The molecule has 13 heavy (non-hydrogen) atoms. The van der Waals surface area contributed by atoms with Gasteiger partial charge in [0, 0.05) is 0 Å². The fourth-order valence-corrected chi connectivity index (χ4v) is 1.74. The predicted octanol–water partition coefficient (Wildman–Crippen LogP) is 2.37. The molecule has 4 heteroatoms. The number of hydrogen-bond donors (Lipinski definition) is 1. The highest BCUT2D eigenvalue weighted by atomic mass is 32.1. The lowest BCUT2D eigenvalue weighted by Crippen LogP contribution is -1.86. The molecule has 1 heterocycles. The number of hydrogen-bond acceptors (Lipinski definition) is 4. The van der Waals surface area contributed by atoms with Gasteiger partial charge in [-0.1, -0.05) is 0 Å². The van der Waals surface area contributed by atoms with Crippen LogP contribution in [-0.2, 0) is 0 Å².